The van der Waals surface area contributed by atoms with Gasteiger partial charge in [-0.05, 0) is 41.9 Å². The average molecular weight is 580 g/mol. The molecule has 15 heteroatoms. The maximum atomic E-state index is 14.0. The second kappa shape index (κ2) is 10.6. The van der Waals surface area contributed by atoms with Crippen molar-refractivity contribution in [1.29, 1.82) is 0 Å². The van der Waals surface area contributed by atoms with Crippen LogP contribution in [0.3, 0.4) is 0 Å². The van der Waals surface area contributed by atoms with Crippen LogP contribution in [0.15, 0.2) is 34.8 Å². The van der Waals surface area contributed by atoms with Gasteiger partial charge in [0, 0.05) is 30.4 Å². The molecule has 1 amide bonds. The Balaban J connectivity index is 1.97. The van der Waals surface area contributed by atoms with Crippen molar-refractivity contribution in [2.45, 2.75) is 39.3 Å². The van der Waals surface area contributed by atoms with Gasteiger partial charge in [-0.2, -0.15) is 13.2 Å². The van der Waals surface area contributed by atoms with Crippen molar-refractivity contribution in [3.05, 3.63) is 63.3 Å². The van der Waals surface area contributed by atoms with Gasteiger partial charge in [0.05, 0.1) is 6.54 Å². The van der Waals surface area contributed by atoms with Crippen LogP contribution in [0.2, 0.25) is 0 Å². The molecule has 1 aliphatic rings. The fourth-order valence-corrected chi connectivity index (χ4v) is 3.68. The van der Waals surface area contributed by atoms with Crippen molar-refractivity contribution < 1.29 is 41.1 Å². The number of nitrogens with one attached hydrogen (secondary N) is 1. The number of alkyl halides is 3. The number of halogens is 6. The molecule has 1 aromatic carbocycles. The van der Waals surface area contributed by atoms with Crippen LogP contribution in [0.5, 0.6) is 0 Å². The summed E-state index contributed by atoms with van der Waals surface area (Å²) < 4.78 is 71.2. The zero-order valence-electron chi connectivity index (χ0n) is 19.0. The predicted octanol–water partition coefficient (Wildman–Crippen LogP) is 3.90. The van der Waals surface area contributed by atoms with E-state index in [4.69, 9.17) is 4.74 Å². The lowest BCUT2D eigenvalue weighted by molar-refractivity contribution is -0.258. The minimum atomic E-state index is -5.36. The van der Waals surface area contributed by atoms with E-state index in [1.54, 1.807) is 14.0 Å². The summed E-state index contributed by atoms with van der Waals surface area (Å²) in [5.74, 6) is -4.95. The molecule has 9 nitrogen and oxygen atoms in total. The minimum Gasteiger partial charge on any atom is -0.471 e. The number of rotatable bonds is 7. The van der Waals surface area contributed by atoms with E-state index in [0.717, 1.165) is 17.0 Å². The van der Waals surface area contributed by atoms with Crippen LogP contribution in [0.4, 0.5) is 27.8 Å². The summed E-state index contributed by atoms with van der Waals surface area (Å²) in [5, 5.41) is 3.28. The zero-order chi connectivity index (χ0) is 26.8. The molecule has 0 bridgehead atoms. The fourth-order valence-electron chi connectivity index (χ4n) is 3.17. The van der Waals surface area contributed by atoms with Crippen LogP contribution in [0.25, 0.3) is 0 Å². The number of benzene rings is 1. The predicted molar refractivity (Wildman–Crippen MR) is 117 cm³/mol. The fraction of sp³-hybridized carbons (Fsp3) is 0.333. The molecule has 0 saturated heterocycles. The molecule has 0 radical (unpaired) electrons. The summed E-state index contributed by atoms with van der Waals surface area (Å²) in [6, 6.07) is 2.59. The monoisotopic (exact) mass is 579 g/mol. The van der Waals surface area contributed by atoms with E-state index in [1.165, 1.54) is 13.1 Å². The highest BCUT2D eigenvalue weighted by Gasteiger charge is 2.47. The van der Waals surface area contributed by atoms with Crippen molar-refractivity contribution in [3.63, 3.8) is 0 Å². The van der Waals surface area contributed by atoms with E-state index in [9.17, 15) is 31.5 Å². The van der Waals surface area contributed by atoms with Crippen molar-refractivity contribution in [2.75, 3.05) is 12.4 Å². The first-order chi connectivity index (χ1) is 16.8. The normalized spacial score (nSPS) is 16.4. The van der Waals surface area contributed by atoms with E-state index in [2.05, 4.69) is 36.1 Å². The summed E-state index contributed by atoms with van der Waals surface area (Å²) in [6.45, 7) is 2.12. The highest BCUT2D eigenvalue weighted by atomic mass is 79.9. The number of hydrogen-bond donors (Lipinski definition) is 1. The molecular formula is C21H19BrF5N5O4. The van der Waals surface area contributed by atoms with Gasteiger partial charge in [0.2, 0.25) is 5.88 Å². The number of aryl methyl sites for hydroxylation is 1. The molecule has 3 rings (SSSR count). The molecular weight excluding hydrogens is 561 g/mol. The van der Waals surface area contributed by atoms with Gasteiger partial charge < -0.3 is 19.8 Å². The quantitative estimate of drug-likeness (QED) is 0.493. The number of ether oxygens (including phenoxy) is 1. The van der Waals surface area contributed by atoms with Gasteiger partial charge in [0.15, 0.2) is 0 Å². The second-order valence-electron chi connectivity index (χ2n) is 7.45. The van der Waals surface area contributed by atoms with Crippen molar-refractivity contribution in [3.8, 4) is 0 Å². The number of hydroxylamine groups is 2. The van der Waals surface area contributed by atoms with Gasteiger partial charge in [-0.25, -0.2) is 23.5 Å². The second-order valence-corrected chi connectivity index (χ2v) is 8.24. The zero-order valence-corrected chi connectivity index (χ0v) is 20.6. The Morgan fingerprint density at radius 1 is 1.25 bits per heavy atom. The summed E-state index contributed by atoms with van der Waals surface area (Å²) >= 11 is 2.98. The Morgan fingerprint density at radius 2 is 1.94 bits per heavy atom. The Morgan fingerprint density at radius 3 is 2.56 bits per heavy atom. The topological polar surface area (TPSA) is 96.9 Å². The van der Waals surface area contributed by atoms with Crippen molar-refractivity contribution in [1.82, 2.24) is 19.9 Å². The third-order valence-electron chi connectivity index (χ3n) is 4.98. The lowest BCUT2D eigenvalue weighted by Crippen LogP contribution is -2.54. The Labute approximate surface area is 210 Å². The number of nitrogens with zero attached hydrogens (tertiary/aromatic N) is 4. The number of carbonyl (C=O) groups excluding carboxylic acids is 2. The highest BCUT2D eigenvalue weighted by molar-refractivity contribution is 9.12. The van der Waals surface area contributed by atoms with E-state index >= 15 is 0 Å². The van der Waals surface area contributed by atoms with Crippen LogP contribution in [0, 0.1) is 18.6 Å². The SMILES string of the molecule is CNc1nc(C)ncc1CN1C(=O)C(Br)=C(OCc2ccc(F)cc2F)N(OC(=O)C(F)(F)F)C1C. The Kier molecular flexibility index (Phi) is 8.01. The Hall–Kier alpha value is -3.49. The molecule has 0 aliphatic carbocycles. The largest absolute Gasteiger partial charge is 0.493 e. The molecule has 1 unspecified atom stereocenters. The number of hydrogen-bond acceptors (Lipinski definition) is 8. The van der Waals surface area contributed by atoms with E-state index in [0.29, 0.717) is 28.3 Å². The number of anilines is 1. The first-order valence-corrected chi connectivity index (χ1v) is 11.0. The molecule has 1 aliphatic heterocycles. The third-order valence-corrected chi connectivity index (χ3v) is 5.66. The summed E-state index contributed by atoms with van der Waals surface area (Å²) in [4.78, 5) is 38.7. The van der Waals surface area contributed by atoms with Gasteiger partial charge in [-0.1, -0.05) is 0 Å². The van der Waals surface area contributed by atoms with Crippen molar-refractivity contribution >= 4 is 33.6 Å². The summed E-state index contributed by atoms with van der Waals surface area (Å²) in [7, 11) is 1.58. The average Bonchev–Trinajstić information content (AvgIpc) is 2.81. The minimum absolute atomic E-state index is 0.163. The van der Waals surface area contributed by atoms with Crippen LogP contribution in [-0.4, -0.2) is 51.2 Å². The van der Waals surface area contributed by atoms with Crippen LogP contribution < -0.4 is 5.32 Å². The molecule has 2 aromatic rings. The molecule has 0 spiro atoms. The number of aromatic nitrogens is 2. The third kappa shape index (κ3) is 5.83. The maximum absolute atomic E-state index is 14.0. The van der Waals surface area contributed by atoms with Gasteiger partial charge in [-0.15, -0.1) is 5.06 Å². The lowest BCUT2D eigenvalue weighted by Gasteiger charge is -2.41. The molecule has 194 valence electrons. The van der Waals surface area contributed by atoms with Crippen molar-refractivity contribution in [2.24, 2.45) is 0 Å². The van der Waals surface area contributed by atoms with Crippen LogP contribution in [0.1, 0.15) is 23.9 Å². The van der Waals surface area contributed by atoms with E-state index in [1.807, 2.05) is 0 Å². The van der Waals surface area contributed by atoms with Gasteiger partial charge in [0.25, 0.3) is 5.91 Å². The van der Waals surface area contributed by atoms with Gasteiger partial charge >= 0.3 is 12.1 Å². The van der Waals surface area contributed by atoms with Gasteiger partial charge in [0.1, 0.15) is 40.5 Å². The molecule has 0 saturated carbocycles. The Bertz CT molecular complexity index is 1210. The molecule has 1 aromatic heterocycles. The van der Waals surface area contributed by atoms with E-state index < -0.39 is 52.8 Å². The lowest BCUT2D eigenvalue weighted by atomic mass is 10.2. The molecule has 0 fully saturated rings. The summed E-state index contributed by atoms with van der Waals surface area (Å²) in [6.07, 6.45) is -5.25. The molecule has 36 heavy (non-hydrogen) atoms. The summed E-state index contributed by atoms with van der Waals surface area (Å²) in [5.41, 5.74) is 0.257. The first-order valence-electron chi connectivity index (χ1n) is 10.2. The number of amides is 1. The first kappa shape index (κ1) is 27.1. The highest BCUT2D eigenvalue weighted by Crippen LogP contribution is 2.33. The molecule has 1 N–H and O–H groups in total. The molecule has 1 atom stereocenters. The van der Waals surface area contributed by atoms with Crippen LogP contribution >= 0.6 is 15.9 Å². The molecule has 2 heterocycles. The standard InChI is InChI=1S/C21H19BrF5N5O4/c1-10-29-7-13(17(28-3)30-10)8-31-11(2)32(36-20(34)21(25,26)27)19(16(22)18(31)33)35-9-12-4-5-14(23)6-15(12)24/h4-7,11H,8-9H2,1-3H3,(H,28,29,30). The van der Waals surface area contributed by atoms with Crippen LogP contribution in [-0.2, 0) is 32.3 Å². The van der Waals surface area contributed by atoms with E-state index in [-0.39, 0.29) is 12.1 Å². The smallest absolute Gasteiger partial charge is 0.471 e. The van der Waals surface area contributed by atoms with Gasteiger partial charge in [-0.3, -0.25) is 4.79 Å². The number of carbonyl (C=O) groups is 2. The maximum Gasteiger partial charge on any atom is 0.493 e.